The summed E-state index contributed by atoms with van der Waals surface area (Å²) < 4.78 is 1.61. The number of anilines is 2. The molecule has 3 heterocycles. The Hall–Kier alpha value is -3.72. The number of urea groups is 1. The molecule has 3 amide bonds. The number of carbonyl (C=O) groups is 2. The van der Waals surface area contributed by atoms with E-state index in [2.05, 4.69) is 56.9 Å². The van der Waals surface area contributed by atoms with Gasteiger partial charge in [0.2, 0.25) is 0 Å². The summed E-state index contributed by atoms with van der Waals surface area (Å²) >= 11 is 0. The maximum Gasteiger partial charge on any atom is 0.326 e. The predicted octanol–water partition coefficient (Wildman–Crippen LogP) is 2.50. The Morgan fingerprint density at radius 3 is 2.73 bits per heavy atom. The van der Waals surface area contributed by atoms with E-state index in [1.165, 1.54) is 5.56 Å². The molecule has 2 aromatic heterocycles. The normalized spacial score (nSPS) is 15.1. The minimum Gasteiger partial charge on any atom is -0.340 e. The van der Waals surface area contributed by atoms with E-state index in [0.717, 1.165) is 25.3 Å². The molecule has 3 aromatic rings. The van der Waals surface area contributed by atoms with Crippen LogP contribution in [0.1, 0.15) is 25.0 Å². The fourth-order valence-electron chi connectivity index (χ4n) is 3.30. The molecule has 4 rings (SSSR count). The SMILES string of the molecule is CCN(CC)Cc1cccc(Nc2ccn3ncc(/C=C4\NC(=O)NC4=O)c3n2)c1. The first-order valence-electron chi connectivity index (χ1n) is 9.82. The van der Waals surface area contributed by atoms with Crippen LogP contribution in [0.2, 0.25) is 0 Å². The van der Waals surface area contributed by atoms with Gasteiger partial charge in [-0.05, 0) is 42.9 Å². The third kappa shape index (κ3) is 4.15. The molecule has 9 nitrogen and oxygen atoms in total. The molecule has 1 aliphatic heterocycles. The first-order chi connectivity index (χ1) is 14.6. The highest BCUT2D eigenvalue weighted by Gasteiger charge is 2.23. The number of nitrogens with one attached hydrogen (secondary N) is 3. The number of hydrogen-bond donors (Lipinski definition) is 3. The number of rotatable bonds is 7. The molecule has 1 aromatic carbocycles. The van der Waals surface area contributed by atoms with Crippen molar-refractivity contribution in [2.24, 2.45) is 0 Å². The van der Waals surface area contributed by atoms with Gasteiger partial charge in [-0.15, -0.1) is 0 Å². The summed E-state index contributed by atoms with van der Waals surface area (Å²) in [6.45, 7) is 7.21. The van der Waals surface area contributed by atoms with Crippen LogP contribution in [0.4, 0.5) is 16.3 Å². The van der Waals surface area contributed by atoms with Crippen LogP contribution in [0.3, 0.4) is 0 Å². The fraction of sp³-hybridized carbons (Fsp3) is 0.238. The molecule has 30 heavy (non-hydrogen) atoms. The third-order valence-corrected chi connectivity index (χ3v) is 4.92. The van der Waals surface area contributed by atoms with Crippen molar-refractivity contribution in [2.45, 2.75) is 20.4 Å². The highest BCUT2D eigenvalue weighted by molar-refractivity contribution is 6.14. The second-order valence-electron chi connectivity index (χ2n) is 6.93. The van der Waals surface area contributed by atoms with Gasteiger partial charge in [0.15, 0.2) is 5.65 Å². The zero-order valence-electron chi connectivity index (χ0n) is 16.8. The van der Waals surface area contributed by atoms with Gasteiger partial charge < -0.3 is 10.6 Å². The summed E-state index contributed by atoms with van der Waals surface area (Å²) in [5.41, 5.74) is 3.53. The average molecular weight is 405 g/mol. The molecular formula is C21H23N7O2. The molecule has 1 saturated heterocycles. The van der Waals surface area contributed by atoms with Gasteiger partial charge in [-0.1, -0.05) is 26.0 Å². The Kier molecular flexibility index (Phi) is 5.44. The molecule has 1 aliphatic rings. The van der Waals surface area contributed by atoms with Crippen molar-refractivity contribution in [3.8, 4) is 0 Å². The second kappa shape index (κ2) is 8.34. The van der Waals surface area contributed by atoms with Crippen LogP contribution in [0, 0.1) is 0 Å². The summed E-state index contributed by atoms with van der Waals surface area (Å²) in [6.07, 6.45) is 4.95. The van der Waals surface area contributed by atoms with Crippen LogP contribution in [0.5, 0.6) is 0 Å². The van der Waals surface area contributed by atoms with E-state index >= 15 is 0 Å². The Morgan fingerprint density at radius 1 is 1.17 bits per heavy atom. The number of carbonyl (C=O) groups excluding carboxylic acids is 2. The van der Waals surface area contributed by atoms with E-state index < -0.39 is 11.9 Å². The average Bonchev–Trinajstić information content (AvgIpc) is 3.28. The van der Waals surface area contributed by atoms with Gasteiger partial charge in [0.05, 0.1) is 6.20 Å². The van der Waals surface area contributed by atoms with Crippen molar-refractivity contribution < 1.29 is 9.59 Å². The second-order valence-corrected chi connectivity index (χ2v) is 6.93. The van der Waals surface area contributed by atoms with Crippen LogP contribution in [0.25, 0.3) is 11.7 Å². The lowest BCUT2D eigenvalue weighted by atomic mass is 10.2. The van der Waals surface area contributed by atoms with Crippen molar-refractivity contribution in [3.05, 3.63) is 59.5 Å². The quantitative estimate of drug-likeness (QED) is 0.412. The number of hydrogen-bond acceptors (Lipinski definition) is 6. The van der Waals surface area contributed by atoms with Crippen molar-refractivity contribution in [1.82, 2.24) is 30.1 Å². The van der Waals surface area contributed by atoms with Crippen molar-refractivity contribution in [1.29, 1.82) is 0 Å². The van der Waals surface area contributed by atoms with Gasteiger partial charge in [-0.25, -0.2) is 14.3 Å². The number of fused-ring (bicyclic) bond motifs is 1. The summed E-state index contributed by atoms with van der Waals surface area (Å²) in [4.78, 5) is 30.1. The Morgan fingerprint density at radius 2 is 2.00 bits per heavy atom. The molecule has 0 saturated carbocycles. The molecule has 0 aliphatic carbocycles. The molecule has 3 N–H and O–H groups in total. The standard InChI is InChI=1S/C21H23N7O2/c1-3-27(4-2)13-14-6-5-7-16(10-14)23-18-8-9-28-19(25-18)15(12-22-28)11-17-20(29)26-21(30)24-17/h5-12H,3-4,13H2,1-2H3,(H,23,25)(H2,24,26,29,30)/b17-11-. The number of amides is 3. The minimum atomic E-state index is -0.539. The first-order valence-corrected chi connectivity index (χ1v) is 9.82. The summed E-state index contributed by atoms with van der Waals surface area (Å²) in [6, 6.07) is 9.54. The van der Waals surface area contributed by atoms with Crippen molar-refractivity contribution in [2.75, 3.05) is 18.4 Å². The highest BCUT2D eigenvalue weighted by atomic mass is 16.2. The van der Waals surface area contributed by atoms with Gasteiger partial charge in [-0.3, -0.25) is 15.0 Å². The number of nitrogens with zero attached hydrogens (tertiary/aromatic N) is 4. The van der Waals surface area contributed by atoms with E-state index in [4.69, 9.17) is 0 Å². The van der Waals surface area contributed by atoms with Crippen LogP contribution in [0.15, 0.2) is 48.4 Å². The smallest absolute Gasteiger partial charge is 0.326 e. The van der Waals surface area contributed by atoms with Crippen LogP contribution in [-0.4, -0.2) is 44.5 Å². The van der Waals surface area contributed by atoms with Crippen molar-refractivity contribution in [3.63, 3.8) is 0 Å². The molecule has 0 atom stereocenters. The zero-order valence-corrected chi connectivity index (χ0v) is 16.8. The first kappa shape index (κ1) is 19.6. The molecule has 0 bridgehead atoms. The number of imide groups is 1. The van der Waals surface area contributed by atoms with Crippen LogP contribution >= 0.6 is 0 Å². The van der Waals surface area contributed by atoms with Crippen molar-refractivity contribution >= 4 is 35.2 Å². The minimum absolute atomic E-state index is 0.166. The van der Waals surface area contributed by atoms with E-state index in [0.29, 0.717) is 17.0 Å². The number of aromatic nitrogens is 3. The molecule has 154 valence electrons. The largest absolute Gasteiger partial charge is 0.340 e. The Labute approximate surface area is 173 Å². The van der Waals surface area contributed by atoms with E-state index in [1.807, 2.05) is 18.2 Å². The Bertz CT molecular complexity index is 1130. The van der Waals surface area contributed by atoms with Gasteiger partial charge in [0, 0.05) is 24.0 Å². The fourth-order valence-corrected chi connectivity index (χ4v) is 3.30. The lowest BCUT2D eigenvalue weighted by Gasteiger charge is -2.18. The van der Waals surface area contributed by atoms with E-state index in [1.54, 1.807) is 23.0 Å². The van der Waals surface area contributed by atoms with E-state index in [-0.39, 0.29) is 5.70 Å². The topological polar surface area (TPSA) is 104 Å². The maximum atomic E-state index is 11.8. The zero-order chi connectivity index (χ0) is 21.1. The molecule has 9 heteroatoms. The maximum absolute atomic E-state index is 11.8. The number of benzene rings is 1. The summed E-state index contributed by atoms with van der Waals surface area (Å²) in [5, 5.41) is 12.2. The lowest BCUT2D eigenvalue weighted by molar-refractivity contribution is -0.115. The monoisotopic (exact) mass is 405 g/mol. The molecular weight excluding hydrogens is 382 g/mol. The molecule has 0 radical (unpaired) electrons. The Balaban J connectivity index is 1.58. The predicted molar refractivity (Wildman–Crippen MR) is 114 cm³/mol. The lowest BCUT2D eigenvalue weighted by Crippen LogP contribution is -2.22. The van der Waals surface area contributed by atoms with Gasteiger partial charge >= 0.3 is 6.03 Å². The van der Waals surface area contributed by atoms with Crippen LogP contribution in [-0.2, 0) is 11.3 Å². The third-order valence-electron chi connectivity index (χ3n) is 4.92. The molecule has 0 unspecified atom stereocenters. The molecule has 1 fully saturated rings. The summed E-state index contributed by atoms with van der Waals surface area (Å²) in [5.74, 6) is 0.182. The van der Waals surface area contributed by atoms with Gasteiger partial charge in [0.25, 0.3) is 5.91 Å². The molecule has 0 spiro atoms. The van der Waals surface area contributed by atoms with E-state index in [9.17, 15) is 9.59 Å². The van der Waals surface area contributed by atoms with Crippen LogP contribution < -0.4 is 16.0 Å². The summed E-state index contributed by atoms with van der Waals surface area (Å²) in [7, 11) is 0. The van der Waals surface area contributed by atoms with Gasteiger partial charge in [0.1, 0.15) is 11.5 Å². The van der Waals surface area contributed by atoms with Gasteiger partial charge in [-0.2, -0.15) is 5.10 Å². The highest BCUT2D eigenvalue weighted by Crippen LogP contribution is 2.20.